The zero-order chi connectivity index (χ0) is 18.9. The van der Waals surface area contributed by atoms with E-state index in [1.807, 2.05) is 37.6 Å². The predicted octanol–water partition coefficient (Wildman–Crippen LogP) is 2.59. The van der Waals surface area contributed by atoms with Crippen LogP contribution in [-0.2, 0) is 23.1 Å². The predicted molar refractivity (Wildman–Crippen MR) is 121 cm³/mol. The van der Waals surface area contributed by atoms with Gasteiger partial charge in [0.25, 0.3) is 0 Å². The molecule has 1 saturated heterocycles. The number of hydrogen-bond donors (Lipinski definition) is 1. The number of halogens is 1. The van der Waals surface area contributed by atoms with Crippen LogP contribution in [0.3, 0.4) is 0 Å². The maximum Gasteiger partial charge on any atom is 0.194 e. The molecule has 0 aliphatic carbocycles. The zero-order valence-corrected chi connectivity index (χ0v) is 18.9. The highest BCUT2D eigenvalue weighted by Gasteiger charge is 2.25. The number of morpholine rings is 1. The highest BCUT2D eigenvalue weighted by atomic mass is 127. The van der Waals surface area contributed by atoms with Crippen molar-refractivity contribution in [3.05, 3.63) is 53.9 Å². The van der Waals surface area contributed by atoms with Gasteiger partial charge in [-0.2, -0.15) is 5.10 Å². The lowest BCUT2D eigenvalue weighted by Gasteiger charge is -2.34. The lowest BCUT2D eigenvalue weighted by atomic mass is 10.1. The van der Waals surface area contributed by atoms with E-state index >= 15 is 0 Å². The minimum Gasteiger partial charge on any atom is -0.375 e. The molecule has 2 aromatic rings. The maximum atomic E-state index is 5.93. The molecule has 3 rings (SSSR count). The standard InChI is InChI=1S/C20H29N5O2.HI/c1-3-21-20(22-9-11-26-16-17-7-5-4-6-8-17)25-10-12-27-19(15-25)18-13-23-24(2)14-18;/h4-8,13-14,19H,3,9-12,15-16H2,1-2H3,(H,21,22);1H. The van der Waals surface area contributed by atoms with E-state index in [4.69, 9.17) is 14.5 Å². The fourth-order valence-corrected chi connectivity index (χ4v) is 3.06. The van der Waals surface area contributed by atoms with Crippen molar-refractivity contribution in [1.29, 1.82) is 0 Å². The number of ether oxygens (including phenoxy) is 2. The van der Waals surface area contributed by atoms with Gasteiger partial charge in [-0.15, -0.1) is 24.0 Å². The van der Waals surface area contributed by atoms with Crippen molar-refractivity contribution in [1.82, 2.24) is 20.0 Å². The summed E-state index contributed by atoms with van der Waals surface area (Å²) in [4.78, 5) is 6.98. The van der Waals surface area contributed by atoms with E-state index in [1.54, 1.807) is 4.68 Å². The number of hydrogen-bond acceptors (Lipinski definition) is 4. The molecule has 0 spiro atoms. The number of aryl methyl sites for hydroxylation is 1. The first kappa shape index (κ1) is 22.6. The Labute approximate surface area is 184 Å². The van der Waals surface area contributed by atoms with Gasteiger partial charge in [0.2, 0.25) is 0 Å². The molecule has 154 valence electrons. The first-order chi connectivity index (χ1) is 13.3. The third-order valence-corrected chi connectivity index (χ3v) is 4.41. The van der Waals surface area contributed by atoms with Crippen molar-refractivity contribution >= 4 is 29.9 Å². The SMILES string of the molecule is CCNC(=NCCOCc1ccccc1)N1CCOC(c2cnn(C)c2)C1.I. The number of aromatic nitrogens is 2. The molecule has 28 heavy (non-hydrogen) atoms. The summed E-state index contributed by atoms with van der Waals surface area (Å²) in [7, 11) is 1.92. The molecule has 1 unspecified atom stereocenters. The number of guanidine groups is 1. The molecule has 8 heteroatoms. The van der Waals surface area contributed by atoms with E-state index in [2.05, 4.69) is 34.4 Å². The molecule has 1 aliphatic rings. The van der Waals surface area contributed by atoms with E-state index < -0.39 is 0 Å². The Hall–Kier alpha value is -1.65. The average molecular weight is 499 g/mol. The monoisotopic (exact) mass is 499 g/mol. The van der Waals surface area contributed by atoms with Crippen LogP contribution in [0.25, 0.3) is 0 Å². The van der Waals surface area contributed by atoms with Crippen LogP contribution in [0.15, 0.2) is 47.7 Å². The number of aliphatic imine (C=N–C) groups is 1. The summed E-state index contributed by atoms with van der Waals surface area (Å²) in [5.41, 5.74) is 2.28. The Kier molecular flexibility index (Phi) is 9.72. The molecule has 1 atom stereocenters. The summed E-state index contributed by atoms with van der Waals surface area (Å²) in [5.74, 6) is 0.915. The van der Waals surface area contributed by atoms with Gasteiger partial charge >= 0.3 is 0 Å². The van der Waals surface area contributed by atoms with Crippen molar-refractivity contribution < 1.29 is 9.47 Å². The molecular weight excluding hydrogens is 469 g/mol. The summed E-state index contributed by atoms with van der Waals surface area (Å²) in [6.07, 6.45) is 3.90. The van der Waals surface area contributed by atoms with Crippen LogP contribution in [-0.4, -0.2) is 60.0 Å². The van der Waals surface area contributed by atoms with E-state index in [1.165, 1.54) is 5.56 Å². The van der Waals surface area contributed by atoms with E-state index in [0.29, 0.717) is 26.4 Å². The van der Waals surface area contributed by atoms with Gasteiger partial charge in [-0.1, -0.05) is 30.3 Å². The van der Waals surface area contributed by atoms with E-state index in [-0.39, 0.29) is 30.1 Å². The van der Waals surface area contributed by atoms with Gasteiger partial charge < -0.3 is 19.7 Å². The highest BCUT2D eigenvalue weighted by molar-refractivity contribution is 14.0. The molecule has 0 bridgehead atoms. The van der Waals surface area contributed by atoms with Crippen molar-refractivity contribution in [2.75, 3.05) is 39.4 Å². The maximum absolute atomic E-state index is 5.93. The Morgan fingerprint density at radius 3 is 2.89 bits per heavy atom. The second-order valence-electron chi connectivity index (χ2n) is 6.53. The Bertz CT molecular complexity index is 722. The van der Waals surface area contributed by atoms with Gasteiger partial charge in [0, 0.05) is 31.9 Å². The van der Waals surface area contributed by atoms with Gasteiger partial charge in [0.05, 0.1) is 39.1 Å². The normalized spacial score (nSPS) is 17.3. The second kappa shape index (κ2) is 12.0. The second-order valence-corrected chi connectivity index (χ2v) is 6.53. The van der Waals surface area contributed by atoms with Gasteiger partial charge in [0.15, 0.2) is 5.96 Å². The molecule has 0 amide bonds. The molecule has 0 saturated carbocycles. The topological polar surface area (TPSA) is 63.9 Å². The molecule has 1 aromatic carbocycles. The quantitative estimate of drug-likeness (QED) is 0.275. The van der Waals surface area contributed by atoms with E-state index in [9.17, 15) is 0 Å². The number of rotatable bonds is 7. The zero-order valence-electron chi connectivity index (χ0n) is 16.6. The molecule has 1 aromatic heterocycles. The fraction of sp³-hybridized carbons (Fsp3) is 0.500. The van der Waals surface area contributed by atoms with Crippen molar-refractivity contribution in [2.24, 2.45) is 12.0 Å². The molecule has 7 nitrogen and oxygen atoms in total. The van der Waals surface area contributed by atoms with E-state index in [0.717, 1.165) is 31.2 Å². The minimum absolute atomic E-state index is 0. The van der Waals surface area contributed by atoms with Crippen LogP contribution in [0.5, 0.6) is 0 Å². The Morgan fingerprint density at radius 1 is 1.36 bits per heavy atom. The van der Waals surface area contributed by atoms with Crippen LogP contribution in [0, 0.1) is 0 Å². The van der Waals surface area contributed by atoms with Crippen molar-refractivity contribution in [3.8, 4) is 0 Å². The van der Waals surface area contributed by atoms with Crippen LogP contribution in [0.4, 0.5) is 0 Å². The van der Waals surface area contributed by atoms with Gasteiger partial charge in [-0.05, 0) is 12.5 Å². The molecule has 1 N–H and O–H groups in total. The lowest BCUT2D eigenvalue weighted by Crippen LogP contribution is -2.48. The molecule has 1 fully saturated rings. The first-order valence-electron chi connectivity index (χ1n) is 9.51. The number of benzene rings is 1. The summed E-state index contributed by atoms with van der Waals surface area (Å²) < 4.78 is 13.5. The lowest BCUT2D eigenvalue weighted by molar-refractivity contribution is -0.00809. The highest BCUT2D eigenvalue weighted by Crippen LogP contribution is 2.21. The van der Waals surface area contributed by atoms with Gasteiger partial charge in [0.1, 0.15) is 6.10 Å². The van der Waals surface area contributed by atoms with Crippen LogP contribution >= 0.6 is 24.0 Å². The molecule has 2 heterocycles. The summed E-state index contributed by atoms with van der Waals surface area (Å²) in [6.45, 7) is 7.03. The molecule has 1 aliphatic heterocycles. The summed E-state index contributed by atoms with van der Waals surface area (Å²) in [5, 5.41) is 7.63. The van der Waals surface area contributed by atoms with Crippen LogP contribution in [0.1, 0.15) is 24.2 Å². The fourth-order valence-electron chi connectivity index (χ4n) is 3.06. The number of nitrogens with one attached hydrogen (secondary N) is 1. The first-order valence-corrected chi connectivity index (χ1v) is 9.51. The third-order valence-electron chi connectivity index (χ3n) is 4.41. The molecule has 0 radical (unpaired) electrons. The van der Waals surface area contributed by atoms with Gasteiger partial charge in [-0.25, -0.2) is 0 Å². The average Bonchev–Trinajstić information content (AvgIpc) is 3.14. The Balaban J connectivity index is 0.00000280. The summed E-state index contributed by atoms with van der Waals surface area (Å²) >= 11 is 0. The summed E-state index contributed by atoms with van der Waals surface area (Å²) in [6, 6.07) is 10.2. The molecular formula is C20H30IN5O2. The largest absolute Gasteiger partial charge is 0.375 e. The minimum atomic E-state index is 0. The van der Waals surface area contributed by atoms with Gasteiger partial charge in [-0.3, -0.25) is 9.67 Å². The van der Waals surface area contributed by atoms with Crippen molar-refractivity contribution in [2.45, 2.75) is 19.6 Å². The smallest absolute Gasteiger partial charge is 0.194 e. The number of nitrogens with zero attached hydrogens (tertiary/aromatic N) is 4. The van der Waals surface area contributed by atoms with Crippen molar-refractivity contribution in [3.63, 3.8) is 0 Å². The Morgan fingerprint density at radius 2 is 2.18 bits per heavy atom. The third kappa shape index (κ3) is 6.75. The van der Waals surface area contributed by atoms with Crippen LogP contribution < -0.4 is 5.32 Å². The van der Waals surface area contributed by atoms with Crippen LogP contribution in [0.2, 0.25) is 0 Å².